The van der Waals surface area contributed by atoms with Crippen molar-refractivity contribution in [2.75, 3.05) is 18.4 Å². The number of phenols is 1. The Bertz CT molecular complexity index is 860. The van der Waals surface area contributed by atoms with Gasteiger partial charge < -0.3 is 15.3 Å². The molecule has 1 amide bonds. The van der Waals surface area contributed by atoms with Crippen molar-refractivity contribution in [2.45, 2.75) is 6.42 Å². The molecule has 2 aromatic rings. The van der Waals surface area contributed by atoms with Gasteiger partial charge in [0.1, 0.15) is 5.75 Å². The molecule has 2 aliphatic heterocycles. The molecule has 0 saturated heterocycles. The van der Waals surface area contributed by atoms with E-state index in [1.165, 1.54) is 0 Å². The van der Waals surface area contributed by atoms with Gasteiger partial charge in [0.25, 0.3) is 0 Å². The largest absolute Gasteiger partial charge is 0.507 e. The number of amidine groups is 1. The Kier molecular flexibility index (Phi) is 3.46. The fraction of sp³-hybridized carbons (Fsp3) is 0.176. The first-order valence-electron chi connectivity index (χ1n) is 7.40. The average molecular weight is 325 g/mol. The lowest BCUT2D eigenvalue weighted by Crippen LogP contribution is -2.24. The zero-order valence-corrected chi connectivity index (χ0v) is 13.1. The molecule has 5 nitrogen and oxygen atoms in total. The predicted octanol–water partition coefficient (Wildman–Crippen LogP) is 3.13. The van der Waals surface area contributed by atoms with Crippen LogP contribution in [-0.4, -0.2) is 34.2 Å². The first-order chi connectivity index (χ1) is 11.2. The molecule has 0 atom stereocenters. The highest BCUT2D eigenvalue weighted by atomic mass is 32.2. The van der Waals surface area contributed by atoms with Crippen molar-refractivity contribution < 1.29 is 9.90 Å². The van der Waals surface area contributed by atoms with Crippen LogP contribution < -0.4 is 5.32 Å². The molecule has 2 aromatic carbocycles. The van der Waals surface area contributed by atoms with Crippen LogP contribution in [0.4, 0.5) is 5.69 Å². The average Bonchev–Trinajstić information content (AvgIpc) is 3.14. The quantitative estimate of drug-likeness (QED) is 0.910. The Morgan fingerprint density at radius 1 is 1.26 bits per heavy atom. The van der Waals surface area contributed by atoms with Gasteiger partial charge in [-0.2, -0.15) is 0 Å². The maximum absolute atomic E-state index is 12.4. The molecule has 2 heterocycles. The van der Waals surface area contributed by atoms with Crippen LogP contribution in [0.5, 0.6) is 5.75 Å². The second kappa shape index (κ2) is 5.62. The number of nitrogens with one attached hydrogen (secondary N) is 1. The second-order valence-electron chi connectivity index (χ2n) is 5.45. The summed E-state index contributed by atoms with van der Waals surface area (Å²) in [6, 6.07) is 10.8. The summed E-state index contributed by atoms with van der Waals surface area (Å²) in [7, 11) is 0. The molecule has 0 unspecified atom stereocenters. The van der Waals surface area contributed by atoms with Crippen LogP contribution in [-0.2, 0) is 4.79 Å². The van der Waals surface area contributed by atoms with E-state index in [-0.39, 0.29) is 11.7 Å². The number of hydrogen-bond donors (Lipinski definition) is 2. The molecule has 0 radical (unpaired) electrons. The minimum Gasteiger partial charge on any atom is -0.507 e. The number of aliphatic imine (C=N–C) groups is 1. The third-order valence-electron chi connectivity index (χ3n) is 3.96. The van der Waals surface area contributed by atoms with E-state index in [0.717, 1.165) is 34.7 Å². The SMILES string of the molecule is O=C(CC1=CSC2=NCCN12)Nc1cccc2c(O)cccc12. The Balaban J connectivity index is 1.53. The minimum absolute atomic E-state index is 0.0687. The Morgan fingerprint density at radius 3 is 3.00 bits per heavy atom. The van der Waals surface area contributed by atoms with Crippen LogP contribution in [0.3, 0.4) is 0 Å². The lowest BCUT2D eigenvalue weighted by atomic mass is 10.1. The van der Waals surface area contributed by atoms with Crippen LogP contribution >= 0.6 is 11.8 Å². The number of benzene rings is 2. The van der Waals surface area contributed by atoms with Crippen molar-refractivity contribution in [3.8, 4) is 5.75 Å². The van der Waals surface area contributed by atoms with Crippen molar-refractivity contribution in [3.63, 3.8) is 0 Å². The molecule has 0 aliphatic carbocycles. The molecule has 116 valence electrons. The molecule has 4 rings (SSSR count). The van der Waals surface area contributed by atoms with E-state index in [9.17, 15) is 9.90 Å². The summed E-state index contributed by atoms with van der Waals surface area (Å²) in [6.45, 7) is 1.65. The van der Waals surface area contributed by atoms with Gasteiger partial charge in [-0.05, 0) is 17.5 Å². The standard InChI is InChI=1S/C17H15N3O2S/c21-15-6-2-3-12-13(15)4-1-5-14(12)19-16(22)9-11-10-23-17-18-7-8-20(11)17/h1-6,10,21H,7-9H2,(H,19,22). The van der Waals surface area contributed by atoms with E-state index in [4.69, 9.17) is 0 Å². The number of nitrogens with zero attached hydrogens (tertiary/aromatic N) is 2. The lowest BCUT2D eigenvalue weighted by Gasteiger charge is -2.16. The van der Waals surface area contributed by atoms with E-state index in [1.807, 2.05) is 29.7 Å². The van der Waals surface area contributed by atoms with E-state index in [2.05, 4.69) is 15.2 Å². The van der Waals surface area contributed by atoms with Gasteiger partial charge in [0.15, 0.2) is 5.17 Å². The minimum atomic E-state index is -0.0687. The van der Waals surface area contributed by atoms with Gasteiger partial charge >= 0.3 is 0 Å². The lowest BCUT2D eigenvalue weighted by molar-refractivity contribution is -0.115. The van der Waals surface area contributed by atoms with Crippen molar-refractivity contribution in [1.29, 1.82) is 0 Å². The Morgan fingerprint density at radius 2 is 2.09 bits per heavy atom. The number of anilines is 1. The smallest absolute Gasteiger partial charge is 0.230 e. The number of thioether (sulfide) groups is 1. The topological polar surface area (TPSA) is 64.9 Å². The molecule has 2 aliphatic rings. The maximum atomic E-state index is 12.4. The third kappa shape index (κ3) is 2.55. The Hall–Kier alpha value is -2.47. The van der Waals surface area contributed by atoms with E-state index < -0.39 is 0 Å². The van der Waals surface area contributed by atoms with E-state index >= 15 is 0 Å². The summed E-state index contributed by atoms with van der Waals surface area (Å²) < 4.78 is 0. The summed E-state index contributed by atoms with van der Waals surface area (Å²) in [4.78, 5) is 18.9. The molecule has 23 heavy (non-hydrogen) atoms. The second-order valence-corrected chi connectivity index (χ2v) is 6.28. The van der Waals surface area contributed by atoms with Gasteiger partial charge in [0, 0.05) is 28.7 Å². The molecule has 0 bridgehead atoms. The highest BCUT2D eigenvalue weighted by molar-refractivity contribution is 8.16. The Labute approximate surface area is 137 Å². The molecular weight excluding hydrogens is 310 g/mol. The van der Waals surface area contributed by atoms with Gasteiger partial charge in [-0.3, -0.25) is 9.79 Å². The first-order valence-corrected chi connectivity index (χ1v) is 8.28. The molecule has 0 aromatic heterocycles. The summed E-state index contributed by atoms with van der Waals surface area (Å²) in [6.07, 6.45) is 0.321. The van der Waals surface area contributed by atoms with Gasteiger partial charge in [-0.25, -0.2) is 0 Å². The third-order valence-corrected chi connectivity index (χ3v) is 4.91. The van der Waals surface area contributed by atoms with Crippen LogP contribution in [0.2, 0.25) is 0 Å². The zero-order valence-electron chi connectivity index (χ0n) is 12.3. The number of carbonyl (C=O) groups is 1. The number of amides is 1. The van der Waals surface area contributed by atoms with E-state index in [1.54, 1.807) is 23.9 Å². The fourth-order valence-electron chi connectivity index (χ4n) is 2.88. The van der Waals surface area contributed by atoms with Gasteiger partial charge in [-0.1, -0.05) is 36.0 Å². The van der Waals surface area contributed by atoms with Crippen molar-refractivity contribution in [2.24, 2.45) is 4.99 Å². The van der Waals surface area contributed by atoms with Gasteiger partial charge in [-0.15, -0.1) is 0 Å². The van der Waals surface area contributed by atoms with Crippen LogP contribution in [0.25, 0.3) is 10.8 Å². The number of hydrogen-bond acceptors (Lipinski definition) is 5. The van der Waals surface area contributed by atoms with Gasteiger partial charge in [0.2, 0.25) is 5.91 Å². The number of rotatable bonds is 3. The molecule has 0 spiro atoms. The predicted molar refractivity (Wildman–Crippen MR) is 93.5 cm³/mol. The van der Waals surface area contributed by atoms with Crippen LogP contribution in [0.15, 0.2) is 52.5 Å². The van der Waals surface area contributed by atoms with Crippen LogP contribution in [0.1, 0.15) is 6.42 Å². The zero-order chi connectivity index (χ0) is 15.8. The molecular formula is C17H15N3O2S. The fourth-order valence-corrected chi connectivity index (χ4v) is 3.83. The number of carbonyl (C=O) groups excluding carboxylic acids is 1. The summed E-state index contributed by atoms with van der Waals surface area (Å²) >= 11 is 1.57. The molecule has 0 saturated carbocycles. The normalized spacial score (nSPS) is 16.3. The van der Waals surface area contributed by atoms with Crippen molar-refractivity contribution in [1.82, 2.24) is 4.90 Å². The highest BCUT2D eigenvalue weighted by Gasteiger charge is 2.27. The molecule has 2 N–H and O–H groups in total. The van der Waals surface area contributed by atoms with Crippen molar-refractivity contribution in [3.05, 3.63) is 47.5 Å². The number of phenolic OH excluding ortho intramolecular Hbond substituents is 1. The first kappa shape index (κ1) is 14.1. The maximum Gasteiger partial charge on any atom is 0.230 e. The monoisotopic (exact) mass is 325 g/mol. The highest BCUT2D eigenvalue weighted by Crippen LogP contribution is 2.32. The molecule has 6 heteroatoms. The van der Waals surface area contributed by atoms with Crippen LogP contribution in [0, 0.1) is 0 Å². The van der Waals surface area contributed by atoms with Crippen molar-refractivity contribution >= 4 is 39.3 Å². The number of fused-ring (bicyclic) bond motifs is 2. The van der Waals surface area contributed by atoms with E-state index in [0.29, 0.717) is 12.1 Å². The molecule has 0 fully saturated rings. The van der Waals surface area contributed by atoms with Gasteiger partial charge in [0.05, 0.1) is 13.0 Å². The summed E-state index contributed by atoms with van der Waals surface area (Å²) in [5.41, 5.74) is 1.71. The number of aromatic hydroxyl groups is 1. The summed E-state index contributed by atoms with van der Waals surface area (Å²) in [5, 5.41) is 17.4. The summed E-state index contributed by atoms with van der Waals surface area (Å²) in [5.74, 6) is 0.146.